The van der Waals surface area contributed by atoms with Crippen molar-refractivity contribution in [1.29, 1.82) is 0 Å². The first-order chi connectivity index (χ1) is 14.2. The van der Waals surface area contributed by atoms with Crippen LogP contribution >= 0.6 is 12.4 Å². The van der Waals surface area contributed by atoms with E-state index in [1.807, 2.05) is 12.1 Å². The van der Waals surface area contributed by atoms with Gasteiger partial charge in [0.2, 0.25) is 0 Å². The number of nitrogens with zero attached hydrogens (tertiary/aromatic N) is 3. The molecule has 162 valence electrons. The van der Waals surface area contributed by atoms with Crippen molar-refractivity contribution in [3.63, 3.8) is 0 Å². The van der Waals surface area contributed by atoms with Crippen LogP contribution < -0.4 is 9.64 Å². The highest BCUT2D eigenvalue weighted by molar-refractivity contribution is 5.85. The fourth-order valence-corrected chi connectivity index (χ4v) is 4.28. The molecule has 0 saturated carbocycles. The Balaban J connectivity index is 0.00000256. The third kappa shape index (κ3) is 5.64. The van der Waals surface area contributed by atoms with Gasteiger partial charge in [0.1, 0.15) is 5.75 Å². The summed E-state index contributed by atoms with van der Waals surface area (Å²) in [6, 6.07) is 13.4. The maximum atomic E-state index is 10.8. The molecule has 0 amide bonds. The van der Waals surface area contributed by atoms with Gasteiger partial charge in [-0.05, 0) is 74.0 Å². The van der Waals surface area contributed by atoms with E-state index in [1.54, 1.807) is 12.1 Å². The minimum absolute atomic E-state index is 0. The van der Waals surface area contributed by atoms with Crippen LogP contribution in [0, 0.1) is 10.1 Å². The highest BCUT2D eigenvalue weighted by atomic mass is 35.5. The lowest BCUT2D eigenvalue weighted by atomic mass is 10.1. The summed E-state index contributed by atoms with van der Waals surface area (Å²) in [4.78, 5) is 15.2. The molecule has 30 heavy (non-hydrogen) atoms. The Morgan fingerprint density at radius 1 is 0.933 bits per heavy atom. The highest BCUT2D eigenvalue weighted by Gasteiger charge is 2.17. The molecule has 0 bridgehead atoms. The van der Waals surface area contributed by atoms with E-state index in [4.69, 9.17) is 4.74 Å². The van der Waals surface area contributed by atoms with Gasteiger partial charge in [-0.1, -0.05) is 6.07 Å². The van der Waals surface area contributed by atoms with E-state index in [1.165, 1.54) is 30.4 Å². The highest BCUT2D eigenvalue weighted by Crippen LogP contribution is 2.26. The molecular weight excluding hydrogens is 402 g/mol. The van der Waals surface area contributed by atoms with Gasteiger partial charge >= 0.3 is 0 Å². The molecule has 2 aliphatic rings. The maximum Gasteiger partial charge on any atom is 0.269 e. The molecule has 1 fully saturated rings. The summed E-state index contributed by atoms with van der Waals surface area (Å²) in [7, 11) is 0. The second kappa shape index (κ2) is 10.6. The molecule has 2 aromatic rings. The van der Waals surface area contributed by atoms with Gasteiger partial charge in [0, 0.05) is 44.0 Å². The van der Waals surface area contributed by atoms with Crippen LogP contribution in [0.15, 0.2) is 42.5 Å². The number of hydrogen-bond donors (Lipinski definition) is 0. The minimum atomic E-state index is -0.351. The van der Waals surface area contributed by atoms with Crippen molar-refractivity contribution in [3.8, 4) is 5.75 Å². The quantitative estimate of drug-likeness (QED) is 0.350. The zero-order chi connectivity index (χ0) is 20.1. The molecule has 7 heteroatoms. The summed E-state index contributed by atoms with van der Waals surface area (Å²) in [5, 5.41) is 10.8. The molecule has 0 radical (unpaired) electrons. The first-order valence-corrected chi connectivity index (χ1v) is 10.7. The van der Waals surface area contributed by atoms with Gasteiger partial charge in [0.15, 0.2) is 0 Å². The number of ether oxygens (including phenoxy) is 1. The Kier molecular flexibility index (Phi) is 7.94. The van der Waals surface area contributed by atoms with E-state index in [-0.39, 0.29) is 23.0 Å². The molecule has 0 atom stereocenters. The van der Waals surface area contributed by atoms with Gasteiger partial charge < -0.3 is 9.64 Å². The number of anilines is 1. The molecule has 0 aromatic heterocycles. The predicted molar refractivity (Wildman–Crippen MR) is 122 cm³/mol. The zero-order valence-electron chi connectivity index (χ0n) is 17.3. The largest absolute Gasteiger partial charge is 0.494 e. The molecule has 1 aliphatic heterocycles. The van der Waals surface area contributed by atoms with Crippen molar-refractivity contribution >= 4 is 23.8 Å². The first kappa shape index (κ1) is 22.4. The van der Waals surface area contributed by atoms with Crippen molar-refractivity contribution in [2.75, 3.05) is 44.2 Å². The molecule has 2 aromatic carbocycles. The smallest absolute Gasteiger partial charge is 0.269 e. The van der Waals surface area contributed by atoms with Crippen LogP contribution in [0.5, 0.6) is 5.75 Å². The number of benzene rings is 2. The van der Waals surface area contributed by atoms with Crippen molar-refractivity contribution in [2.45, 2.75) is 32.1 Å². The number of rotatable bonds is 8. The van der Waals surface area contributed by atoms with Crippen molar-refractivity contribution in [1.82, 2.24) is 4.90 Å². The first-order valence-electron chi connectivity index (χ1n) is 10.7. The third-order valence-electron chi connectivity index (χ3n) is 6.01. The molecule has 0 N–H and O–H groups in total. The van der Waals surface area contributed by atoms with E-state index >= 15 is 0 Å². The van der Waals surface area contributed by atoms with Crippen LogP contribution in [-0.2, 0) is 12.8 Å². The summed E-state index contributed by atoms with van der Waals surface area (Å²) in [5.41, 5.74) is 4.17. The number of nitro groups is 1. The Morgan fingerprint density at radius 3 is 2.40 bits per heavy atom. The second-order valence-corrected chi connectivity index (χ2v) is 7.94. The van der Waals surface area contributed by atoms with E-state index < -0.39 is 0 Å². The van der Waals surface area contributed by atoms with Gasteiger partial charge in [-0.25, -0.2) is 0 Å². The maximum absolute atomic E-state index is 10.8. The fourth-order valence-electron chi connectivity index (χ4n) is 4.28. The van der Waals surface area contributed by atoms with Gasteiger partial charge in [0.25, 0.3) is 5.69 Å². The predicted octanol–water partition coefficient (Wildman–Crippen LogP) is 4.49. The Morgan fingerprint density at radius 2 is 1.67 bits per heavy atom. The summed E-state index contributed by atoms with van der Waals surface area (Å²) in [5.74, 6) is 1.02. The molecule has 4 rings (SSSR count). The average molecular weight is 432 g/mol. The summed E-state index contributed by atoms with van der Waals surface area (Å²) >= 11 is 0. The number of unbranched alkanes of at least 4 members (excludes halogenated alkanes) is 1. The van der Waals surface area contributed by atoms with Crippen LogP contribution in [-0.4, -0.2) is 49.2 Å². The SMILES string of the molecule is Cl.O=[N+]([O-])c1ccc(N2CCN(CCCCOc3ccc4c(c3)CCC4)CC2)cc1. The standard InChI is InChI=1S/C23H29N3O3.ClH/c27-26(28)22-9-7-21(8-10-22)25-15-13-24(14-16-25)12-1-2-17-29-23-11-6-19-4-3-5-20(19)18-23;/h6-11,18H,1-5,12-17H2;1H. The molecular formula is C23H30ClN3O3. The Labute approximate surface area is 184 Å². The van der Waals surface area contributed by atoms with Crippen LogP contribution in [0.4, 0.5) is 11.4 Å². The fraction of sp³-hybridized carbons (Fsp3) is 0.478. The van der Waals surface area contributed by atoms with E-state index in [2.05, 4.69) is 28.0 Å². The number of nitro benzene ring substituents is 1. The lowest BCUT2D eigenvalue weighted by Gasteiger charge is -2.36. The Hall–Kier alpha value is -2.31. The zero-order valence-corrected chi connectivity index (χ0v) is 18.1. The second-order valence-electron chi connectivity index (χ2n) is 7.94. The number of hydrogen-bond acceptors (Lipinski definition) is 5. The molecule has 6 nitrogen and oxygen atoms in total. The number of piperazine rings is 1. The van der Waals surface area contributed by atoms with Crippen LogP contribution in [0.3, 0.4) is 0 Å². The number of non-ortho nitro benzene ring substituents is 1. The van der Waals surface area contributed by atoms with E-state index in [9.17, 15) is 10.1 Å². The van der Waals surface area contributed by atoms with Crippen molar-refractivity contribution in [2.24, 2.45) is 0 Å². The van der Waals surface area contributed by atoms with Crippen LogP contribution in [0.1, 0.15) is 30.4 Å². The van der Waals surface area contributed by atoms with Crippen LogP contribution in [0.25, 0.3) is 0 Å². The molecule has 0 unspecified atom stereocenters. The summed E-state index contributed by atoms with van der Waals surface area (Å²) in [6.07, 6.45) is 5.89. The summed E-state index contributed by atoms with van der Waals surface area (Å²) in [6.45, 7) is 5.86. The molecule has 1 aliphatic carbocycles. The van der Waals surface area contributed by atoms with E-state index in [0.29, 0.717) is 0 Å². The number of fused-ring (bicyclic) bond motifs is 1. The van der Waals surface area contributed by atoms with E-state index in [0.717, 1.165) is 63.6 Å². The monoisotopic (exact) mass is 431 g/mol. The third-order valence-corrected chi connectivity index (χ3v) is 6.01. The normalized spacial score (nSPS) is 16.1. The van der Waals surface area contributed by atoms with Gasteiger partial charge in [-0.3, -0.25) is 15.0 Å². The lowest BCUT2D eigenvalue weighted by Crippen LogP contribution is -2.46. The summed E-state index contributed by atoms with van der Waals surface area (Å²) < 4.78 is 5.95. The molecule has 1 heterocycles. The Bertz CT molecular complexity index is 836. The topological polar surface area (TPSA) is 58.9 Å². The van der Waals surface area contributed by atoms with Gasteiger partial charge in [0.05, 0.1) is 11.5 Å². The van der Waals surface area contributed by atoms with Crippen molar-refractivity contribution in [3.05, 3.63) is 63.7 Å². The van der Waals surface area contributed by atoms with Crippen molar-refractivity contribution < 1.29 is 9.66 Å². The van der Waals surface area contributed by atoms with Gasteiger partial charge in [-0.2, -0.15) is 0 Å². The van der Waals surface area contributed by atoms with Gasteiger partial charge in [-0.15, -0.1) is 12.4 Å². The lowest BCUT2D eigenvalue weighted by molar-refractivity contribution is -0.384. The molecule has 0 spiro atoms. The number of halogens is 1. The number of aryl methyl sites for hydroxylation is 2. The average Bonchev–Trinajstić information content (AvgIpc) is 3.22. The van der Waals surface area contributed by atoms with Crippen LogP contribution in [0.2, 0.25) is 0 Å². The molecule has 1 saturated heterocycles. The minimum Gasteiger partial charge on any atom is -0.494 e.